The minimum Gasteiger partial charge on any atom is -0.493 e. The Hall–Kier alpha value is -2.07. The lowest BCUT2D eigenvalue weighted by Gasteiger charge is -2.42. The van der Waals surface area contributed by atoms with E-state index in [-0.39, 0.29) is 18.1 Å². The number of methoxy groups -OCH3 is 1. The van der Waals surface area contributed by atoms with Crippen LogP contribution < -0.4 is 9.47 Å². The first kappa shape index (κ1) is 30.5. The molecule has 2 fully saturated rings. The summed E-state index contributed by atoms with van der Waals surface area (Å²) in [6.07, 6.45) is -9.62. The monoisotopic (exact) mass is 546 g/mol. The van der Waals surface area contributed by atoms with Crippen LogP contribution in [0, 0.1) is 5.92 Å². The van der Waals surface area contributed by atoms with Gasteiger partial charge in [0, 0.05) is 6.61 Å². The fourth-order valence-corrected chi connectivity index (χ4v) is 4.07. The van der Waals surface area contributed by atoms with Gasteiger partial charge in [-0.05, 0) is 30.5 Å². The lowest BCUT2D eigenvalue weighted by Crippen LogP contribution is -2.62. The number of rotatable bonds is 12. The van der Waals surface area contributed by atoms with E-state index in [1.807, 2.05) is 6.92 Å². The van der Waals surface area contributed by atoms with E-state index in [9.17, 15) is 35.4 Å². The number of carbonyl (C=O) groups is 1. The Kier molecular flexibility index (Phi) is 10.7. The molecule has 0 bridgehead atoms. The molecule has 3 rings (SSSR count). The van der Waals surface area contributed by atoms with Crippen molar-refractivity contribution < 1.29 is 63.9 Å². The smallest absolute Gasteiger partial charge is 0.308 e. The SMILES string of the molecule is CC[C@H](C)C(=O)OC[C@@]1(O)CO[C@@H](O[C@H]2[C@H](Oc3ccc(CCO)cc3OC)O[C@H](CO)[C@@H](O)[C@@H]2O)[C@@H]1O. The lowest BCUT2D eigenvalue weighted by molar-refractivity contribution is -0.319. The van der Waals surface area contributed by atoms with Crippen LogP contribution in [0.4, 0.5) is 0 Å². The molecule has 0 saturated carbocycles. The number of benzene rings is 1. The van der Waals surface area contributed by atoms with Gasteiger partial charge in [-0.15, -0.1) is 0 Å². The Morgan fingerprint density at radius 3 is 2.53 bits per heavy atom. The summed E-state index contributed by atoms with van der Waals surface area (Å²) in [4.78, 5) is 12.0. The van der Waals surface area contributed by atoms with Crippen molar-refractivity contribution in [2.24, 2.45) is 5.92 Å². The topological polar surface area (TPSA) is 194 Å². The van der Waals surface area contributed by atoms with Crippen LogP contribution in [-0.2, 0) is 30.2 Å². The van der Waals surface area contributed by atoms with Crippen molar-refractivity contribution in [1.82, 2.24) is 0 Å². The molecule has 9 atom stereocenters. The largest absolute Gasteiger partial charge is 0.493 e. The molecule has 0 aliphatic carbocycles. The number of aliphatic hydroxyl groups excluding tert-OH is 5. The van der Waals surface area contributed by atoms with Crippen LogP contribution in [0.25, 0.3) is 0 Å². The summed E-state index contributed by atoms with van der Waals surface area (Å²) in [5.74, 6) is -0.476. The average molecular weight is 547 g/mol. The molecule has 2 heterocycles. The number of hydrogen-bond acceptors (Lipinski definition) is 13. The Morgan fingerprint density at radius 2 is 1.89 bits per heavy atom. The van der Waals surface area contributed by atoms with Crippen molar-refractivity contribution >= 4 is 5.97 Å². The van der Waals surface area contributed by atoms with Gasteiger partial charge in [-0.3, -0.25) is 4.79 Å². The number of ether oxygens (including phenoxy) is 6. The van der Waals surface area contributed by atoms with Crippen molar-refractivity contribution in [1.29, 1.82) is 0 Å². The van der Waals surface area contributed by atoms with Gasteiger partial charge in [0.1, 0.15) is 31.0 Å². The first-order chi connectivity index (χ1) is 18.1. The van der Waals surface area contributed by atoms with E-state index in [4.69, 9.17) is 28.4 Å². The molecule has 0 spiro atoms. The minimum absolute atomic E-state index is 0.0693. The van der Waals surface area contributed by atoms with E-state index in [0.717, 1.165) is 5.56 Å². The zero-order chi connectivity index (χ0) is 28.0. The van der Waals surface area contributed by atoms with E-state index in [0.29, 0.717) is 12.8 Å². The van der Waals surface area contributed by atoms with Gasteiger partial charge in [0.2, 0.25) is 6.29 Å². The molecular weight excluding hydrogens is 508 g/mol. The fraction of sp³-hybridized carbons (Fsp3) is 0.720. The van der Waals surface area contributed by atoms with E-state index in [2.05, 4.69) is 0 Å². The molecule has 216 valence electrons. The highest BCUT2D eigenvalue weighted by Crippen LogP contribution is 2.35. The molecule has 13 heteroatoms. The number of hydrogen-bond donors (Lipinski definition) is 6. The van der Waals surface area contributed by atoms with E-state index in [1.165, 1.54) is 7.11 Å². The van der Waals surface area contributed by atoms with Crippen LogP contribution in [0.3, 0.4) is 0 Å². The summed E-state index contributed by atoms with van der Waals surface area (Å²) < 4.78 is 33.2. The van der Waals surface area contributed by atoms with Gasteiger partial charge < -0.3 is 59.1 Å². The summed E-state index contributed by atoms with van der Waals surface area (Å²) in [6, 6.07) is 4.89. The third-order valence-corrected chi connectivity index (χ3v) is 6.77. The Morgan fingerprint density at radius 1 is 1.16 bits per heavy atom. The summed E-state index contributed by atoms with van der Waals surface area (Å²) >= 11 is 0. The summed E-state index contributed by atoms with van der Waals surface area (Å²) in [6.45, 7) is 1.78. The van der Waals surface area contributed by atoms with Crippen LogP contribution in [-0.4, -0.2) is 119 Å². The average Bonchev–Trinajstić information content (AvgIpc) is 3.20. The molecule has 0 amide bonds. The van der Waals surface area contributed by atoms with Crippen molar-refractivity contribution in [2.75, 3.05) is 33.5 Å². The quantitative estimate of drug-likeness (QED) is 0.166. The third kappa shape index (κ3) is 6.73. The fourth-order valence-electron chi connectivity index (χ4n) is 4.07. The molecule has 1 aromatic carbocycles. The van der Waals surface area contributed by atoms with Crippen LogP contribution >= 0.6 is 0 Å². The molecule has 2 aliphatic heterocycles. The van der Waals surface area contributed by atoms with Gasteiger partial charge in [0.25, 0.3) is 0 Å². The third-order valence-electron chi connectivity index (χ3n) is 6.77. The van der Waals surface area contributed by atoms with E-state index < -0.39 is 80.4 Å². The maximum atomic E-state index is 12.0. The minimum atomic E-state index is -1.98. The van der Waals surface area contributed by atoms with Crippen molar-refractivity contribution in [3.05, 3.63) is 23.8 Å². The normalized spacial score (nSPS) is 34.1. The zero-order valence-corrected chi connectivity index (χ0v) is 21.6. The number of esters is 1. The molecule has 0 aromatic heterocycles. The predicted molar refractivity (Wildman–Crippen MR) is 128 cm³/mol. The zero-order valence-electron chi connectivity index (χ0n) is 21.6. The molecule has 2 aliphatic rings. The Balaban J connectivity index is 1.77. The Bertz CT molecular complexity index is 913. The highest BCUT2D eigenvalue weighted by Gasteiger charge is 2.54. The maximum Gasteiger partial charge on any atom is 0.308 e. The molecule has 2 saturated heterocycles. The molecule has 38 heavy (non-hydrogen) atoms. The molecule has 0 unspecified atom stereocenters. The van der Waals surface area contributed by atoms with Crippen molar-refractivity contribution in [3.8, 4) is 11.5 Å². The van der Waals surface area contributed by atoms with Gasteiger partial charge in [0.15, 0.2) is 29.5 Å². The first-order valence-corrected chi connectivity index (χ1v) is 12.5. The van der Waals surface area contributed by atoms with Crippen molar-refractivity contribution in [3.63, 3.8) is 0 Å². The summed E-state index contributed by atoms with van der Waals surface area (Å²) in [7, 11) is 1.41. The molecule has 6 N–H and O–H groups in total. The highest BCUT2D eigenvalue weighted by atomic mass is 16.8. The second-order valence-electron chi connectivity index (χ2n) is 9.53. The second-order valence-corrected chi connectivity index (χ2v) is 9.53. The van der Waals surface area contributed by atoms with Crippen LogP contribution in [0.2, 0.25) is 0 Å². The molecule has 1 aromatic rings. The first-order valence-electron chi connectivity index (χ1n) is 12.5. The van der Waals surface area contributed by atoms with Crippen molar-refractivity contribution in [2.45, 2.75) is 75.4 Å². The van der Waals surface area contributed by atoms with Gasteiger partial charge >= 0.3 is 5.97 Å². The molecule has 13 nitrogen and oxygen atoms in total. The molecular formula is C25H38O13. The van der Waals surface area contributed by atoms with Gasteiger partial charge in [-0.1, -0.05) is 19.9 Å². The number of carbonyl (C=O) groups excluding carboxylic acids is 1. The second kappa shape index (κ2) is 13.3. The van der Waals surface area contributed by atoms with Crippen LogP contribution in [0.1, 0.15) is 25.8 Å². The van der Waals surface area contributed by atoms with Crippen LogP contribution in [0.15, 0.2) is 18.2 Å². The van der Waals surface area contributed by atoms with Crippen LogP contribution in [0.5, 0.6) is 11.5 Å². The summed E-state index contributed by atoms with van der Waals surface area (Å²) in [5.41, 5.74) is -1.21. The standard InChI is InChI=1S/C25H38O13/c1-4-13(2)22(31)34-11-25(32)12-35-24(21(25)30)38-20-19(29)18(28)17(10-27)37-23(20)36-15-6-5-14(7-8-26)9-16(15)33-3/h5-6,9,13,17-21,23-24,26-30,32H,4,7-8,10-12H2,1-3H3/t13-,17+,18+,19-,20+,21-,23+,24-,25+/m0/s1. The number of aliphatic hydroxyl groups is 6. The van der Waals surface area contributed by atoms with Gasteiger partial charge in [-0.25, -0.2) is 0 Å². The highest BCUT2D eigenvalue weighted by molar-refractivity contribution is 5.71. The Labute approximate surface area is 220 Å². The predicted octanol–water partition coefficient (Wildman–Crippen LogP) is -1.53. The van der Waals surface area contributed by atoms with E-state index in [1.54, 1.807) is 25.1 Å². The van der Waals surface area contributed by atoms with Gasteiger partial charge in [0.05, 0.1) is 26.2 Å². The van der Waals surface area contributed by atoms with Gasteiger partial charge in [-0.2, -0.15) is 0 Å². The van der Waals surface area contributed by atoms with E-state index >= 15 is 0 Å². The lowest BCUT2D eigenvalue weighted by atomic mass is 9.98. The summed E-state index contributed by atoms with van der Waals surface area (Å²) in [5, 5.41) is 61.6. The maximum absolute atomic E-state index is 12.0. The molecule has 0 radical (unpaired) electrons.